The molecule has 1 aromatic carbocycles. The van der Waals surface area contributed by atoms with Crippen LogP contribution >= 0.6 is 24.0 Å². The Morgan fingerprint density at radius 2 is 1.90 bits per heavy atom. The maximum absolute atomic E-state index is 11.7. The monoisotopic (exact) mass is 327 g/mol. The van der Waals surface area contributed by atoms with Gasteiger partial charge in [0.15, 0.2) is 6.61 Å². The minimum atomic E-state index is -0.428. The number of carbonyl (C=O) groups is 1. The first kappa shape index (κ1) is 17.8. The van der Waals surface area contributed by atoms with Gasteiger partial charge in [-0.25, -0.2) is 4.79 Å². The van der Waals surface area contributed by atoms with E-state index in [-0.39, 0.29) is 19.0 Å². The molecule has 1 aliphatic heterocycles. The number of carbonyl (C=O) groups excluding carboxylic acids is 1. The van der Waals surface area contributed by atoms with Crippen LogP contribution in [0.3, 0.4) is 0 Å². The van der Waals surface area contributed by atoms with E-state index in [0.717, 1.165) is 19.6 Å². The zero-order valence-corrected chi connectivity index (χ0v) is 13.4. The molecule has 2 rings (SSSR count). The highest BCUT2D eigenvalue weighted by Gasteiger charge is 2.10. The number of hydrogen-bond donors (Lipinski definition) is 0. The molecule has 1 aromatic rings. The highest BCUT2D eigenvalue weighted by atomic mass is 35.5. The molecule has 0 radical (unpaired) electrons. The molecule has 0 bridgehead atoms. The second kappa shape index (κ2) is 9.68. The molecular weight excluding hydrogens is 309 g/mol. The fourth-order valence-electron chi connectivity index (χ4n) is 2.14. The molecule has 0 N–H and O–H groups in total. The number of esters is 1. The van der Waals surface area contributed by atoms with Crippen LogP contribution in [-0.4, -0.2) is 37.1 Å². The van der Waals surface area contributed by atoms with E-state index in [4.69, 9.17) is 16.3 Å². The summed E-state index contributed by atoms with van der Waals surface area (Å²) in [6.07, 6.45) is 3.83. The van der Waals surface area contributed by atoms with Crippen molar-refractivity contribution in [2.45, 2.75) is 19.3 Å². The molecular formula is C16H19Cl2NO2. The van der Waals surface area contributed by atoms with Gasteiger partial charge in [-0.2, -0.15) is 0 Å². The van der Waals surface area contributed by atoms with Gasteiger partial charge in [-0.1, -0.05) is 42.0 Å². The summed E-state index contributed by atoms with van der Waals surface area (Å²) >= 11 is 5.92. The lowest BCUT2D eigenvalue weighted by atomic mass is 10.1. The van der Waals surface area contributed by atoms with Crippen molar-refractivity contribution in [3.63, 3.8) is 0 Å². The summed E-state index contributed by atoms with van der Waals surface area (Å²) < 4.78 is 5.08. The predicted molar refractivity (Wildman–Crippen MR) is 87.0 cm³/mol. The number of halogens is 2. The number of hydrogen-bond acceptors (Lipinski definition) is 3. The molecule has 0 aliphatic carbocycles. The highest BCUT2D eigenvalue weighted by molar-refractivity contribution is 6.33. The van der Waals surface area contributed by atoms with Crippen molar-refractivity contribution < 1.29 is 9.53 Å². The Bertz CT molecular complexity index is 516. The molecule has 5 heteroatoms. The molecule has 0 unspecified atom stereocenters. The van der Waals surface area contributed by atoms with E-state index in [1.165, 1.54) is 19.3 Å². The van der Waals surface area contributed by atoms with Crippen molar-refractivity contribution in [3.05, 3.63) is 34.9 Å². The highest BCUT2D eigenvalue weighted by Crippen LogP contribution is 2.15. The first-order valence-corrected chi connectivity index (χ1v) is 7.25. The largest absolute Gasteiger partial charge is 0.449 e. The Morgan fingerprint density at radius 1 is 1.19 bits per heavy atom. The molecule has 21 heavy (non-hydrogen) atoms. The number of piperidine rings is 1. The lowest BCUT2D eigenvalue weighted by molar-refractivity contribution is 0.0557. The van der Waals surface area contributed by atoms with Gasteiger partial charge >= 0.3 is 5.97 Å². The van der Waals surface area contributed by atoms with E-state index in [1.807, 2.05) is 0 Å². The van der Waals surface area contributed by atoms with E-state index in [1.54, 1.807) is 24.3 Å². The van der Waals surface area contributed by atoms with Crippen molar-refractivity contribution in [3.8, 4) is 11.8 Å². The Morgan fingerprint density at radius 3 is 2.62 bits per heavy atom. The van der Waals surface area contributed by atoms with Gasteiger partial charge in [-0.05, 0) is 38.1 Å². The molecule has 1 heterocycles. The molecule has 0 aromatic heterocycles. The summed E-state index contributed by atoms with van der Waals surface area (Å²) in [6, 6.07) is 6.84. The molecule has 1 fully saturated rings. The van der Waals surface area contributed by atoms with Crippen molar-refractivity contribution in [1.29, 1.82) is 0 Å². The predicted octanol–water partition coefficient (Wildman–Crippen LogP) is 3.41. The lowest BCUT2D eigenvalue weighted by Crippen LogP contribution is -2.29. The van der Waals surface area contributed by atoms with Crippen LogP contribution in [0.5, 0.6) is 0 Å². The van der Waals surface area contributed by atoms with Crippen LogP contribution in [0.15, 0.2) is 24.3 Å². The quantitative estimate of drug-likeness (QED) is 0.629. The molecule has 1 aliphatic rings. The first-order valence-electron chi connectivity index (χ1n) is 6.87. The summed E-state index contributed by atoms with van der Waals surface area (Å²) in [4.78, 5) is 14.1. The maximum Gasteiger partial charge on any atom is 0.340 e. The SMILES string of the molecule is Cl.O=C(OCC#CCN1CCCCC1)c1ccccc1Cl. The summed E-state index contributed by atoms with van der Waals surface area (Å²) in [7, 11) is 0. The Balaban J connectivity index is 0.00000220. The zero-order valence-electron chi connectivity index (χ0n) is 11.8. The molecule has 0 spiro atoms. The normalized spacial score (nSPS) is 14.5. The first-order chi connectivity index (χ1) is 9.77. The molecule has 0 atom stereocenters. The van der Waals surface area contributed by atoms with Gasteiger partial charge in [0.25, 0.3) is 0 Å². The summed E-state index contributed by atoms with van der Waals surface area (Å²) in [5, 5.41) is 0.402. The minimum absolute atomic E-state index is 0. The van der Waals surface area contributed by atoms with E-state index in [9.17, 15) is 4.79 Å². The maximum atomic E-state index is 11.7. The fraction of sp³-hybridized carbons (Fsp3) is 0.438. The number of nitrogens with zero attached hydrogens (tertiary/aromatic N) is 1. The standard InChI is InChI=1S/C16H18ClNO2.ClH/c17-15-9-3-2-8-14(15)16(19)20-13-7-6-12-18-10-4-1-5-11-18;/h2-3,8-9H,1,4-5,10-13H2;1H. The minimum Gasteiger partial charge on any atom is -0.449 e. The third-order valence-electron chi connectivity index (χ3n) is 3.25. The Hall–Kier alpha value is -1.21. The van der Waals surface area contributed by atoms with Crippen LogP contribution < -0.4 is 0 Å². The zero-order chi connectivity index (χ0) is 14.2. The average molecular weight is 328 g/mol. The number of likely N-dealkylation sites (tertiary alicyclic amines) is 1. The molecule has 0 amide bonds. The third-order valence-corrected chi connectivity index (χ3v) is 3.58. The van der Waals surface area contributed by atoms with Crippen LogP contribution in [0.2, 0.25) is 5.02 Å². The van der Waals surface area contributed by atoms with E-state index in [0.29, 0.717) is 10.6 Å². The van der Waals surface area contributed by atoms with Gasteiger partial charge in [0.1, 0.15) is 0 Å². The van der Waals surface area contributed by atoms with Gasteiger partial charge in [0.2, 0.25) is 0 Å². The Kier molecular flexibility index (Phi) is 8.22. The summed E-state index contributed by atoms with van der Waals surface area (Å²) in [5.74, 6) is 5.49. The van der Waals surface area contributed by atoms with Gasteiger partial charge in [-0.3, -0.25) is 4.90 Å². The smallest absolute Gasteiger partial charge is 0.340 e. The van der Waals surface area contributed by atoms with Crippen molar-refractivity contribution in [1.82, 2.24) is 4.90 Å². The number of rotatable bonds is 3. The fourth-order valence-corrected chi connectivity index (χ4v) is 2.36. The van der Waals surface area contributed by atoms with E-state index < -0.39 is 5.97 Å². The van der Waals surface area contributed by atoms with Gasteiger partial charge in [0.05, 0.1) is 17.1 Å². The van der Waals surface area contributed by atoms with Gasteiger partial charge in [0, 0.05) is 0 Å². The van der Waals surface area contributed by atoms with E-state index in [2.05, 4.69) is 16.7 Å². The Labute approximate surface area is 137 Å². The third kappa shape index (κ3) is 5.97. The number of benzene rings is 1. The van der Waals surface area contributed by atoms with Gasteiger partial charge in [-0.15, -0.1) is 12.4 Å². The summed E-state index contributed by atoms with van der Waals surface area (Å²) in [6.45, 7) is 3.10. The topological polar surface area (TPSA) is 29.5 Å². The molecule has 0 saturated carbocycles. The van der Waals surface area contributed by atoms with Crippen LogP contribution in [0.4, 0.5) is 0 Å². The van der Waals surface area contributed by atoms with E-state index >= 15 is 0 Å². The molecule has 114 valence electrons. The van der Waals surface area contributed by atoms with Crippen molar-refractivity contribution in [2.75, 3.05) is 26.2 Å². The van der Waals surface area contributed by atoms with Crippen molar-refractivity contribution in [2.24, 2.45) is 0 Å². The van der Waals surface area contributed by atoms with Crippen molar-refractivity contribution >= 4 is 30.0 Å². The van der Waals surface area contributed by atoms with Crippen LogP contribution in [0, 0.1) is 11.8 Å². The van der Waals surface area contributed by atoms with Crippen LogP contribution in [0.25, 0.3) is 0 Å². The number of ether oxygens (including phenoxy) is 1. The average Bonchev–Trinajstić information content (AvgIpc) is 2.48. The van der Waals surface area contributed by atoms with Gasteiger partial charge < -0.3 is 4.74 Å². The molecule has 1 saturated heterocycles. The lowest BCUT2D eigenvalue weighted by Gasteiger charge is -2.23. The second-order valence-electron chi connectivity index (χ2n) is 4.75. The second-order valence-corrected chi connectivity index (χ2v) is 5.15. The summed E-state index contributed by atoms with van der Waals surface area (Å²) in [5.41, 5.74) is 0.381. The molecule has 3 nitrogen and oxygen atoms in total. The van der Waals surface area contributed by atoms with Crippen LogP contribution in [0.1, 0.15) is 29.6 Å². The van der Waals surface area contributed by atoms with Crippen LogP contribution in [-0.2, 0) is 4.74 Å².